The SMILES string of the molecule is C=CC(N)C1CCN(NS(N)(=O)=O)CC1. The largest absolute Gasteiger partial charge is 0.324 e. The molecule has 0 bridgehead atoms. The normalized spacial score (nSPS) is 22.5. The number of hydrazine groups is 1. The quantitative estimate of drug-likeness (QED) is 0.538. The van der Waals surface area contributed by atoms with E-state index in [0.29, 0.717) is 19.0 Å². The highest BCUT2D eigenvalue weighted by Gasteiger charge is 2.23. The van der Waals surface area contributed by atoms with Crippen molar-refractivity contribution in [3.63, 3.8) is 0 Å². The van der Waals surface area contributed by atoms with Crippen molar-refractivity contribution in [3.8, 4) is 0 Å². The van der Waals surface area contributed by atoms with Gasteiger partial charge in [-0.25, -0.2) is 10.1 Å². The number of rotatable bonds is 4. The zero-order valence-electron chi connectivity index (χ0n) is 8.59. The summed E-state index contributed by atoms with van der Waals surface area (Å²) in [6.45, 7) is 4.90. The summed E-state index contributed by atoms with van der Waals surface area (Å²) in [5, 5.41) is 6.46. The first-order valence-corrected chi connectivity index (χ1v) is 6.40. The molecule has 0 aromatic rings. The summed E-state index contributed by atoms with van der Waals surface area (Å²) in [6.07, 6.45) is 3.42. The van der Waals surface area contributed by atoms with Crippen LogP contribution in [-0.4, -0.2) is 32.6 Å². The Morgan fingerprint density at radius 2 is 2.00 bits per heavy atom. The molecule has 0 amide bonds. The standard InChI is InChI=1S/C8H18N4O2S/c1-2-8(9)7-3-5-12(6-4-7)11-15(10,13)14/h2,7-8,11H,1,3-6,9H2,(H2,10,13,14). The highest BCUT2D eigenvalue weighted by Crippen LogP contribution is 2.18. The topological polar surface area (TPSA) is 101 Å². The number of nitrogens with one attached hydrogen (secondary N) is 1. The van der Waals surface area contributed by atoms with Crippen LogP contribution in [0.4, 0.5) is 0 Å². The minimum Gasteiger partial charge on any atom is -0.324 e. The van der Waals surface area contributed by atoms with E-state index in [1.54, 1.807) is 11.1 Å². The highest BCUT2D eigenvalue weighted by molar-refractivity contribution is 7.87. The lowest BCUT2D eigenvalue weighted by Crippen LogP contribution is -2.50. The molecular formula is C8H18N4O2S. The average molecular weight is 234 g/mol. The van der Waals surface area contributed by atoms with E-state index in [4.69, 9.17) is 10.9 Å². The van der Waals surface area contributed by atoms with Crippen molar-refractivity contribution in [2.24, 2.45) is 16.8 Å². The molecule has 5 N–H and O–H groups in total. The molecule has 6 nitrogen and oxygen atoms in total. The van der Waals surface area contributed by atoms with Crippen molar-refractivity contribution in [2.45, 2.75) is 18.9 Å². The minimum atomic E-state index is -3.64. The fourth-order valence-corrected chi connectivity index (χ4v) is 2.29. The number of nitrogens with zero attached hydrogens (tertiary/aromatic N) is 1. The molecule has 1 heterocycles. The maximum Gasteiger partial charge on any atom is 0.287 e. The molecule has 0 aliphatic carbocycles. The molecule has 1 atom stereocenters. The maximum absolute atomic E-state index is 10.8. The monoisotopic (exact) mass is 234 g/mol. The molecule has 0 saturated carbocycles. The Hall–Kier alpha value is -0.470. The van der Waals surface area contributed by atoms with Gasteiger partial charge >= 0.3 is 0 Å². The molecule has 1 aliphatic heterocycles. The van der Waals surface area contributed by atoms with E-state index in [1.165, 1.54) is 0 Å². The first-order chi connectivity index (χ1) is 6.92. The van der Waals surface area contributed by atoms with Crippen LogP contribution in [-0.2, 0) is 10.2 Å². The van der Waals surface area contributed by atoms with E-state index in [1.807, 2.05) is 0 Å². The number of hydrogen-bond acceptors (Lipinski definition) is 4. The van der Waals surface area contributed by atoms with Crippen molar-refractivity contribution >= 4 is 10.2 Å². The Bertz CT molecular complexity index is 309. The van der Waals surface area contributed by atoms with Gasteiger partial charge in [0.2, 0.25) is 0 Å². The van der Waals surface area contributed by atoms with Crippen LogP contribution < -0.4 is 15.7 Å². The Labute approximate surface area is 90.5 Å². The lowest BCUT2D eigenvalue weighted by Gasteiger charge is -2.33. The third-order valence-corrected chi connectivity index (χ3v) is 3.13. The minimum absolute atomic E-state index is 0.0124. The van der Waals surface area contributed by atoms with Gasteiger partial charge in [0.15, 0.2) is 0 Å². The van der Waals surface area contributed by atoms with Crippen molar-refractivity contribution in [2.75, 3.05) is 13.1 Å². The summed E-state index contributed by atoms with van der Waals surface area (Å²) in [5.74, 6) is 0.376. The van der Waals surface area contributed by atoms with Gasteiger partial charge in [0.1, 0.15) is 0 Å². The van der Waals surface area contributed by atoms with Gasteiger partial charge in [-0.05, 0) is 18.8 Å². The number of hydrogen-bond donors (Lipinski definition) is 3. The summed E-state index contributed by atoms with van der Waals surface area (Å²) in [6, 6.07) is -0.0124. The van der Waals surface area contributed by atoms with Crippen molar-refractivity contribution in [1.82, 2.24) is 9.84 Å². The predicted molar refractivity (Wildman–Crippen MR) is 58.7 cm³/mol. The molecule has 88 valence electrons. The van der Waals surface area contributed by atoms with Gasteiger partial charge in [-0.15, -0.1) is 11.4 Å². The van der Waals surface area contributed by atoms with E-state index in [2.05, 4.69) is 11.4 Å². The first-order valence-electron chi connectivity index (χ1n) is 4.85. The van der Waals surface area contributed by atoms with E-state index < -0.39 is 10.2 Å². The van der Waals surface area contributed by atoms with Crippen molar-refractivity contribution in [3.05, 3.63) is 12.7 Å². The third-order valence-electron chi connectivity index (χ3n) is 2.61. The molecule has 1 rings (SSSR count). The Morgan fingerprint density at radius 1 is 1.47 bits per heavy atom. The van der Waals surface area contributed by atoms with Crippen LogP contribution in [0.3, 0.4) is 0 Å². The molecule has 1 fully saturated rings. The molecule has 1 unspecified atom stereocenters. The second-order valence-corrected chi connectivity index (χ2v) is 5.05. The Morgan fingerprint density at radius 3 is 2.40 bits per heavy atom. The van der Waals surface area contributed by atoms with Gasteiger partial charge in [0, 0.05) is 19.1 Å². The summed E-state index contributed by atoms with van der Waals surface area (Å²) < 4.78 is 21.5. The molecule has 0 spiro atoms. The third kappa shape index (κ3) is 4.27. The fourth-order valence-electron chi connectivity index (χ4n) is 1.75. The summed E-state index contributed by atoms with van der Waals surface area (Å²) in [7, 11) is -3.64. The average Bonchev–Trinajstić information content (AvgIpc) is 2.15. The molecular weight excluding hydrogens is 216 g/mol. The van der Waals surface area contributed by atoms with Crippen LogP contribution in [0.15, 0.2) is 12.7 Å². The van der Waals surface area contributed by atoms with E-state index in [-0.39, 0.29) is 6.04 Å². The number of nitrogens with two attached hydrogens (primary N) is 2. The van der Waals surface area contributed by atoms with E-state index >= 15 is 0 Å². The van der Waals surface area contributed by atoms with Crippen LogP contribution in [0.5, 0.6) is 0 Å². The first kappa shape index (κ1) is 12.6. The molecule has 0 radical (unpaired) electrons. The van der Waals surface area contributed by atoms with Crippen LogP contribution in [0, 0.1) is 5.92 Å². The van der Waals surface area contributed by atoms with Crippen LogP contribution >= 0.6 is 0 Å². The molecule has 7 heteroatoms. The van der Waals surface area contributed by atoms with Gasteiger partial charge in [-0.1, -0.05) is 6.08 Å². The van der Waals surface area contributed by atoms with Crippen LogP contribution in [0.2, 0.25) is 0 Å². The smallest absolute Gasteiger partial charge is 0.287 e. The maximum atomic E-state index is 10.8. The second kappa shape index (κ2) is 5.04. The zero-order chi connectivity index (χ0) is 11.5. The lowest BCUT2D eigenvalue weighted by atomic mass is 9.91. The second-order valence-electron chi connectivity index (χ2n) is 3.77. The van der Waals surface area contributed by atoms with Crippen LogP contribution in [0.1, 0.15) is 12.8 Å². The Kier molecular flexibility index (Phi) is 4.23. The van der Waals surface area contributed by atoms with Crippen LogP contribution in [0.25, 0.3) is 0 Å². The van der Waals surface area contributed by atoms with Gasteiger partial charge < -0.3 is 5.73 Å². The fraction of sp³-hybridized carbons (Fsp3) is 0.750. The van der Waals surface area contributed by atoms with Crippen molar-refractivity contribution < 1.29 is 8.42 Å². The van der Waals surface area contributed by atoms with Gasteiger partial charge in [0.25, 0.3) is 10.2 Å². The van der Waals surface area contributed by atoms with E-state index in [0.717, 1.165) is 12.8 Å². The summed E-state index contributed by atoms with van der Waals surface area (Å²) in [4.78, 5) is 2.25. The zero-order valence-corrected chi connectivity index (χ0v) is 9.41. The van der Waals surface area contributed by atoms with Crippen molar-refractivity contribution in [1.29, 1.82) is 0 Å². The molecule has 15 heavy (non-hydrogen) atoms. The molecule has 0 aromatic carbocycles. The lowest BCUT2D eigenvalue weighted by molar-refractivity contribution is 0.155. The van der Waals surface area contributed by atoms with Gasteiger partial charge in [-0.2, -0.15) is 8.42 Å². The highest BCUT2D eigenvalue weighted by atomic mass is 32.2. The summed E-state index contributed by atoms with van der Waals surface area (Å²) >= 11 is 0. The van der Waals surface area contributed by atoms with E-state index in [9.17, 15) is 8.42 Å². The molecule has 1 aliphatic rings. The summed E-state index contributed by atoms with van der Waals surface area (Å²) in [5.41, 5.74) is 5.82. The Balaban J connectivity index is 2.39. The van der Waals surface area contributed by atoms with Gasteiger partial charge in [-0.3, -0.25) is 0 Å². The number of piperidine rings is 1. The molecule has 1 saturated heterocycles. The molecule has 0 aromatic heterocycles. The van der Waals surface area contributed by atoms with Gasteiger partial charge in [0.05, 0.1) is 0 Å². The predicted octanol–water partition coefficient (Wildman–Crippen LogP) is -1.08.